The fourth-order valence-corrected chi connectivity index (χ4v) is 3.76. The number of carbonyl (C=O) groups is 1. The summed E-state index contributed by atoms with van der Waals surface area (Å²) in [7, 11) is 1.67. The van der Waals surface area contributed by atoms with Crippen molar-refractivity contribution in [2.75, 3.05) is 18.0 Å². The maximum absolute atomic E-state index is 12.6. The quantitative estimate of drug-likeness (QED) is 0.741. The Hall–Kier alpha value is -3.42. The summed E-state index contributed by atoms with van der Waals surface area (Å²) < 4.78 is 3.08. The number of aryl methyl sites for hydroxylation is 1. The molecule has 0 spiro atoms. The van der Waals surface area contributed by atoms with Crippen LogP contribution in [0.4, 0.5) is 5.82 Å². The van der Waals surface area contributed by atoms with Crippen LogP contribution in [0.15, 0.2) is 53.5 Å². The molecule has 1 aliphatic heterocycles. The lowest BCUT2D eigenvalue weighted by molar-refractivity contribution is 0.100. The number of pyridine rings is 1. The second-order valence-corrected chi connectivity index (χ2v) is 6.94. The van der Waals surface area contributed by atoms with E-state index in [1.54, 1.807) is 29.9 Å². The van der Waals surface area contributed by atoms with Gasteiger partial charge in [0.15, 0.2) is 0 Å². The molecule has 0 aliphatic carbocycles. The molecule has 28 heavy (non-hydrogen) atoms. The zero-order chi connectivity index (χ0) is 19.7. The Morgan fingerprint density at radius 1 is 1.11 bits per heavy atom. The van der Waals surface area contributed by atoms with Crippen LogP contribution in [-0.2, 0) is 7.05 Å². The van der Waals surface area contributed by atoms with Crippen molar-refractivity contribution in [3.05, 3.63) is 70.5 Å². The third-order valence-corrected chi connectivity index (χ3v) is 5.18. The van der Waals surface area contributed by atoms with Crippen LogP contribution in [-0.4, -0.2) is 38.3 Å². The van der Waals surface area contributed by atoms with Gasteiger partial charge in [0.2, 0.25) is 0 Å². The summed E-state index contributed by atoms with van der Waals surface area (Å²) in [5.74, 6) is 1.06. The predicted octanol–water partition coefficient (Wildman–Crippen LogP) is 1.45. The number of para-hydroxylation sites is 1. The number of aromatic nitrogens is 4. The average Bonchev–Trinajstić information content (AvgIpc) is 3.03. The molecule has 144 valence electrons. The molecule has 3 heterocycles. The first kappa shape index (κ1) is 18.0. The van der Waals surface area contributed by atoms with Crippen molar-refractivity contribution >= 4 is 11.7 Å². The second kappa shape index (κ2) is 7.30. The highest BCUT2D eigenvalue weighted by molar-refractivity contribution is 5.97. The maximum atomic E-state index is 12.6. The lowest BCUT2D eigenvalue weighted by Crippen LogP contribution is -2.36. The topological polar surface area (TPSA) is 99.0 Å². The second-order valence-electron chi connectivity index (χ2n) is 6.94. The van der Waals surface area contributed by atoms with E-state index in [0.717, 1.165) is 24.4 Å². The Morgan fingerprint density at radius 3 is 2.50 bits per heavy atom. The van der Waals surface area contributed by atoms with Gasteiger partial charge in [0.25, 0.3) is 5.91 Å². The zero-order valence-electron chi connectivity index (χ0n) is 15.7. The minimum Gasteiger partial charge on any atom is -0.365 e. The van der Waals surface area contributed by atoms with Crippen molar-refractivity contribution in [2.24, 2.45) is 12.8 Å². The van der Waals surface area contributed by atoms with Gasteiger partial charge in [-0.2, -0.15) is 5.10 Å². The van der Waals surface area contributed by atoms with Gasteiger partial charge in [-0.25, -0.2) is 19.0 Å². The first-order chi connectivity index (χ1) is 13.6. The number of nitrogens with zero attached hydrogens (tertiary/aromatic N) is 5. The molecule has 4 rings (SSSR count). The maximum Gasteiger partial charge on any atom is 0.350 e. The summed E-state index contributed by atoms with van der Waals surface area (Å²) in [5.41, 5.74) is 6.59. The Balaban J connectivity index is 1.60. The molecular formula is C20H22N6O2. The molecule has 1 fully saturated rings. The molecule has 0 atom stereocenters. The number of anilines is 1. The van der Waals surface area contributed by atoms with Crippen molar-refractivity contribution in [3.8, 4) is 5.69 Å². The first-order valence-corrected chi connectivity index (χ1v) is 9.27. The van der Waals surface area contributed by atoms with E-state index in [2.05, 4.69) is 15.0 Å². The van der Waals surface area contributed by atoms with Crippen molar-refractivity contribution in [1.82, 2.24) is 19.3 Å². The first-order valence-electron chi connectivity index (χ1n) is 9.27. The van der Waals surface area contributed by atoms with Gasteiger partial charge in [-0.3, -0.25) is 4.79 Å². The molecule has 8 heteroatoms. The number of primary amides is 1. The smallest absolute Gasteiger partial charge is 0.350 e. The number of amides is 1. The van der Waals surface area contributed by atoms with Gasteiger partial charge in [0.1, 0.15) is 11.6 Å². The van der Waals surface area contributed by atoms with Gasteiger partial charge >= 0.3 is 5.69 Å². The fraction of sp³-hybridized carbons (Fsp3) is 0.300. The Labute approximate surface area is 162 Å². The summed E-state index contributed by atoms with van der Waals surface area (Å²) in [4.78, 5) is 30.8. The van der Waals surface area contributed by atoms with E-state index in [9.17, 15) is 9.59 Å². The number of rotatable bonds is 4. The average molecular weight is 378 g/mol. The number of piperidine rings is 1. The third-order valence-electron chi connectivity index (χ3n) is 5.18. The monoisotopic (exact) mass is 378 g/mol. The third kappa shape index (κ3) is 3.17. The molecule has 2 N–H and O–H groups in total. The summed E-state index contributed by atoms with van der Waals surface area (Å²) in [6.45, 7) is 1.42. The van der Waals surface area contributed by atoms with Crippen molar-refractivity contribution in [2.45, 2.75) is 18.8 Å². The Kier molecular flexibility index (Phi) is 4.68. The molecule has 0 unspecified atom stereocenters. The van der Waals surface area contributed by atoms with E-state index in [4.69, 9.17) is 5.73 Å². The van der Waals surface area contributed by atoms with Gasteiger partial charge in [-0.05, 0) is 37.1 Å². The molecule has 1 saturated heterocycles. The van der Waals surface area contributed by atoms with Gasteiger partial charge in [-0.1, -0.05) is 18.2 Å². The van der Waals surface area contributed by atoms with E-state index in [-0.39, 0.29) is 11.6 Å². The predicted molar refractivity (Wildman–Crippen MR) is 106 cm³/mol. The van der Waals surface area contributed by atoms with Crippen LogP contribution < -0.4 is 16.3 Å². The van der Waals surface area contributed by atoms with Crippen LogP contribution in [0.5, 0.6) is 0 Å². The van der Waals surface area contributed by atoms with Crippen LogP contribution in [0.1, 0.15) is 34.9 Å². The van der Waals surface area contributed by atoms with Crippen molar-refractivity contribution in [1.29, 1.82) is 0 Å². The number of nitrogens with two attached hydrogens (primary N) is 1. The van der Waals surface area contributed by atoms with E-state index < -0.39 is 5.91 Å². The SMILES string of the molecule is Cn1nc(C2CCN(c3ncccc3C(N)=O)CC2)n(-c2ccccc2)c1=O. The molecule has 2 aromatic heterocycles. The van der Waals surface area contributed by atoms with E-state index in [0.29, 0.717) is 24.5 Å². The van der Waals surface area contributed by atoms with Crippen molar-refractivity contribution < 1.29 is 4.79 Å². The van der Waals surface area contributed by atoms with E-state index in [1.807, 2.05) is 30.3 Å². The minimum absolute atomic E-state index is 0.145. The Morgan fingerprint density at radius 2 is 1.82 bits per heavy atom. The standard InChI is InChI=1S/C20H22N6O2/c1-24-20(28)26(15-6-3-2-4-7-15)18(23-24)14-9-12-25(13-10-14)19-16(17(21)27)8-5-11-22-19/h2-8,11,14H,9-10,12-13H2,1H3,(H2,21,27). The number of hydrogen-bond donors (Lipinski definition) is 1. The van der Waals surface area contributed by atoms with Crippen LogP contribution in [0.25, 0.3) is 5.69 Å². The number of hydrogen-bond acceptors (Lipinski definition) is 5. The van der Waals surface area contributed by atoms with Gasteiger partial charge in [0.05, 0.1) is 11.3 Å². The van der Waals surface area contributed by atoms with Crippen molar-refractivity contribution in [3.63, 3.8) is 0 Å². The van der Waals surface area contributed by atoms with Gasteiger partial charge in [0, 0.05) is 32.3 Å². The summed E-state index contributed by atoms with van der Waals surface area (Å²) in [6, 6.07) is 13.0. The minimum atomic E-state index is -0.479. The van der Waals surface area contributed by atoms with Crippen LogP contribution in [0.3, 0.4) is 0 Å². The highest BCUT2D eigenvalue weighted by atomic mass is 16.2. The van der Waals surface area contributed by atoms with E-state index >= 15 is 0 Å². The molecular weight excluding hydrogens is 356 g/mol. The molecule has 1 aliphatic rings. The molecule has 0 radical (unpaired) electrons. The van der Waals surface area contributed by atoms with Crippen LogP contribution >= 0.6 is 0 Å². The van der Waals surface area contributed by atoms with Gasteiger partial charge in [-0.15, -0.1) is 0 Å². The summed E-state index contributed by atoms with van der Waals surface area (Å²) in [5, 5.41) is 4.51. The zero-order valence-corrected chi connectivity index (χ0v) is 15.7. The molecule has 8 nitrogen and oxygen atoms in total. The fourth-order valence-electron chi connectivity index (χ4n) is 3.76. The molecule has 1 aromatic carbocycles. The largest absolute Gasteiger partial charge is 0.365 e. The van der Waals surface area contributed by atoms with Crippen LogP contribution in [0.2, 0.25) is 0 Å². The van der Waals surface area contributed by atoms with Gasteiger partial charge < -0.3 is 10.6 Å². The number of carbonyl (C=O) groups excluding carboxylic acids is 1. The highest BCUT2D eigenvalue weighted by Gasteiger charge is 2.28. The van der Waals surface area contributed by atoms with E-state index in [1.165, 1.54) is 4.68 Å². The lowest BCUT2D eigenvalue weighted by Gasteiger charge is -2.33. The lowest BCUT2D eigenvalue weighted by atomic mass is 9.95. The summed E-state index contributed by atoms with van der Waals surface area (Å²) in [6.07, 6.45) is 3.27. The Bertz CT molecular complexity index is 1050. The van der Waals surface area contributed by atoms with Crippen LogP contribution in [0, 0.1) is 0 Å². The highest BCUT2D eigenvalue weighted by Crippen LogP contribution is 2.30. The molecule has 0 saturated carbocycles. The molecule has 1 amide bonds. The molecule has 3 aromatic rings. The number of benzene rings is 1. The summed E-state index contributed by atoms with van der Waals surface area (Å²) >= 11 is 0. The normalized spacial score (nSPS) is 15.0. The molecule has 0 bridgehead atoms.